The number of halogens is 1. The zero-order valence-electron chi connectivity index (χ0n) is 9.35. The van der Waals surface area contributed by atoms with Crippen molar-refractivity contribution in [2.45, 2.75) is 6.54 Å². The normalized spacial score (nSPS) is 10.2. The van der Waals surface area contributed by atoms with Gasteiger partial charge in [0.05, 0.1) is 6.54 Å². The smallest absolute Gasteiger partial charge is 0.254 e. The van der Waals surface area contributed by atoms with Crippen molar-refractivity contribution in [1.82, 2.24) is 14.9 Å². The van der Waals surface area contributed by atoms with Crippen molar-refractivity contribution in [2.75, 3.05) is 7.05 Å². The summed E-state index contributed by atoms with van der Waals surface area (Å²) in [5, 5.41) is 0. The average molecular weight is 341 g/mol. The van der Waals surface area contributed by atoms with Crippen LogP contribution < -0.4 is 0 Å². The van der Waals surface area contributed by atoms with Gasteiger partial charge < -0.3 is 9.88 Å². The first-order chi connectivity index (χ1) is 8.16. The second-order valence-electron chi connectivity index (χ2n) is 3.70. The Morgan fingerprint density at radius 3 is 2.71 bits per heavy atom. The molecule has 1 aromatic heterocycles. The van der Waals surface area contributed by atoms with E-state index in [0.717, 1.165) is 9.39 Å². The van der Waals surface area contributed by atoms with Crippen molar-refractivity contribution in [1.29, 1.82) is 0 Å². The molecule has 1 heterocycles. The topological polar surface area (TPSA) is 49.0 Å². The molecule has 0 saturated carbocycles. The molecule has 17 heavy (non-hydrogen) atoms. The molecule has 1 N–H and O–H groups in total. The first-order valence-corrected chi connectivity index (χ1v) is 6.24. The predicted octanol–water partition coefficient (Wildman–Crippen LogP) is 2.29. The van der Waals surface area contributed by atoms with Gasteiger partial charge in [0.15, 0.2) is 0 Å². The Bertz CT molecular complexity index is 493. The Balaban J connectivity index is 2.07. The number of aromatic nitrogens is 2. The predicted molar refractivity (Wildman–Crippen MR) is 73.5 cm³/mol. The third-order valence-electron chi connectivity index (χ3n) is 2.38. The molecular weight excluding hydrogens is 329 g/mol. The fraction of sp³-hybridized carbons (Fsp3) is 0.167. The molecule has 0 spiro atoms. The molecule has 4 nitrogen and oxygen atoms in total. The highest BCUT2D eigenvalue weighted by molar-refractivity contribution is 14.1. The summed E-state index contributed by atoms with van der Waals surface area (Å²) in [6.45, 7) is 0.484. The maximum Gasteiger partial charge on any atom is 0.254 e. The molecule has 2 rings (SSSR count). The number of benzene rings is 1. The van der Waals surface area contributed by atoms with Crippen LogP contribution in [-0.2, 0) is 6.54 Å². The minimum absolute atomic E-state index is 0.00204. The second kappa shape index (κ2) is 5.31. The van der Waals surface area contributed by atoms with E-state index in [1.54, 1.807) is 24.3 Å². The molecule has 88 valence electrons. The van der Waals surface area contributed by atoms with Gasteiger partial charge in [0.2, 0.25) is 0 Å². The van der Waals surface area contributed by atoms with Crippen molar-refractivity contribution in [3.05, 3.63) is 51.6 Å². The van der Waals surface area contributed by atoms with Gasteiger partial charge in [-0.2, -0.15) is 0 Å². The third-order valence-corrected chi connectivity index (χ3v) is 3.10. The summed E-state index contributed by atoms with van der Waals surface area (Å²) in [4.78, 5) is 20.8. The van der Waals surface area contributed by atoms with Crippen LogP contribution in [0.4, 0.5) is 0 Å². The van der Waals surface area contributed by atoms with Gasteiger partial charge in [-0.05, 0) is 46.9 Å². The molecular formula is C12H12IN3O. The van der Waals surface area contributed by atoms with E-state index < -0.39 is 0 Å². The highest BCUT2D eigenvalue weighted by atomic mass is 127. The number of aromatic amines is 1. The monoisotopic (exact) mass is 341 g/mol. The van der Waals surface area contributed by atoms with Gasteiger partial charge in [-0.1, -0.05) is 0 Å². The Labute approximate surface area is 113 Å². The average Bonchev–Trinajstić information content (AvgIpc) is 2.82. The SMILES string of the molecule is CN(Cc1ncc[nH]1)C(=O)c1ccc(I)cc1. The molecule has 0 atom stereocenters. The molecule has 0 unspecified atom stereocenters. The number of carbonyl (C=O) groups is 1. The summed E-state index contributed by atoms with van der Waals surface area (Å²) in [7, 11) is 1.77. The number of imidazole rings is 1. The number of hydrogen-bond acceptors (Lipinski definition) is 2. The first-order valence-electron chi connectivity index (χ1n) is 5.16. The van der Waals surface area contributed by atoms with Gasteiger partial charge in [-0.25, -0.2) is 4.98 Å². The molecule has 0 bridgehead atoms. The highest BCUT2D eigenvalue weighted by Crippen LogP contribution is 2.09. The van der Waals surface area contributed by atoms with Crippen LogP contribution >= 0.6 is 22.6 Å². The Hall–Kier alpha value is -1.37. The zero-order valence-corrected chi connectivity index (χ0v) is 11.5. The van der Waals surface area contributed by atoms with Crippen molar-refractivity contribution in [3.8, 4) is 0 Å². The van der Waals surface area contributed by atoms with E-state index in [2.05, 4.69) is 32.6 Å². The molecule has 0 aliphatic carbocycles. The van der Waals surface area contributed by atoms with E-state index in [1.165, 1.54) is 0 Å². The van der Waals surface area contributed by atoms with E-state index >= 15 is 0 Å². The van der Waals surface area contributed by atoms with Gasteiger partial charge in [0.25, 0.3) is 5.91 Å². The molecule has 1 aromatic carbocycles. The zero-order chi connectivity index (χ0) is 12.3. The highest BCUT2D eigenvalue weighted by Gasteiger charge is 2.12. The molecule has 5 heteroatoms. The lowest BCUT2D eigenvalue weighted by molar-refractivity contribution is 0.0782. The molecule has 2 aromatic rings. The lowest BCUT2D eigenvalue weighted by atomic mass is 10.2. The van der Waals surface area contributed by atoms with Gasteiger partial charge >= 0.3 is 0 Å². The van der Waals surface area contributed by atoms with Crippen LogP contribution in [0.1, 0.15) is 16.2 Å². The standard InChI is InChI=1S/C12H12IN3O/c1-16(8-11-14-6-7-15-11)12(17)9-2-4-10(13)5-3-9/h2-7H,8H2,1H3,(H,14,15). The first kappa shape index (κ1) is 12.1. The number of amides is 1. The minimum atomic E-state index is -0.00204. The van der Waals surface area contributed by atoms with Crippen molar-refractivity contribution in [2.24, 2.45) is 0 Å². The van der Waals surface area contributed by atoms with E-state index in [9.17, 15) is 4.79 Å². The largest absolute Gasteiger partial charge is 0.347 e. The van der Waals surface area contributed by atoms with Gasteiger partial charge in [-0.3, -0.25) is 4.79 Å². The fourth-order valence-corrected chi connectivity index (χ4v) is 1.85. The molecule has 0 aliphatic rings. The number of nitrogens with zero attached hydrogens (tertiary/aromatic N) is 2. The Kier molecular flexibility index (Phi) is 3.78. The second-order valence-corrected chi connectivity index (χ2v) is 4.95. The minimum Gasteiger partial charge on any atom is -0.347 e. The van der Waals surface area contributed by atoms with Crippen LogP contribution in [0.3, 0.4) is 0 Å². The van der Waals surface area contributed by atoms with Gasteiger partial charge in [-0.15, -0.1) is 0 Å². The van der Waals surface area contributed by atoms with Gasteiger partial charge in [0.1, 0.15) is 5.82 Å². The molecule has 0 radical (unpaired) electrons. The van der Waals surface area contributed by atoms with E-state index in [1.807, 2.05) is 24.3 Å². The summed E-state index contributed by atoms with van der Waals surface area (Å²) in [6.07, 6.45) is 3.43. The number of rotatable bonds is 3. The number of hydrogen-bond donors (Lipinski definition) is 1. The summed E-state index contributed by atoms with van der Waals surface area (Å²) in [5.41, 5.74) is 0.694. The lowest BCUT2D eigenvalue weighted by Crippen LogP contribution is -2.26. The summed E-state index contributed by atoms with van der Waals surface area (Å²) in [5.74, 6) is 0.782. The van der Waals surface area contributed by atoms with Crippen LogP contribution in [0.2, 0.25) is 0 Å². The molecule has 0 fully saturated rings. The number of carbonyl (C=O) groups excluding carboxylic acids is 1. The molecule has 0 saturated heterocycles. The summed E-state index contributed by atoms with van der Waals surface area (Å²) in [6, 6.07) is 7.52. The quantitative estimate of drug-likeness (QED) is 0.871. The molecule has 1 amide bonds. The number of nitrogens with one attached hydrogen (secondary N) is 1. The van der Waals surface area contributed by atoms with Crippen molar-refractivity contribution < 1.29 is 4.79 Å². The van der Waals surface area contributed by atoms with Crippen LogP contribution in [0, 0.1) is 3.57 Å². The lowest BCUT2D eigenvalue weighted by Gasteiger charge is -2.15. The van der Waals surface area contributed by atoms with Crippen LogP contribution in [0.5, 0.6) is 0 Å². The summed E-state index contributed by atoms with van der Waals surface area (Å²) < 4.78 is 1.12. The van der Waals surface area contributed by atoms with Crippen molar-refractivity contribution >= 4 is 28.5 Å². The Morgan fingerprint density at radius 1 is 1.41 bits per heavy atom. The van der Waals surface area contributed by atoms with E-state index in [-0.39, 0.29) is 5.91 Å². The van der Waals surface area contributed by atoms with Crippen LogP contribution in [-0.4, -0.2) is 27.8 Å². The Morgan fingerprint density at radius 2 is 2.12 bits per heavy atom. The van der Waals surface area contributed by atoms with Crippen LogP contribution in [0.25, 0.3) is 0 Å². The fourth-order valence-electron chi connectivity index (χ4n) is 1.49. The third kappa shape index (κ3) is 3.06. The van der Waals surface area contributed by atoms with E-state index in [0.29, 0.717) is 12.1 Å². The maximum atomic E-state index is 12.1. The number of H-pyrrole nitrogens is 1. The van der Waals surface area contributed by atoms with Gasteiger partial charge in [0, 0.05) is 28.6 Å². The maximum absolute atomic E-state index is 12.1. The van der Waals surface area contributed by atoms with Crippen LogP contribution in [0.15, 0.2) is 36.7 Å². The molecule has 0 aliphatic heterocycles. The van der Waals surface area contributed by atoms with Crippen molar-refractivity contribution in [3.63, 3.8) is 0 Å². The summed E-state index contributed by atoms with van der Waals surface area (Å²) >= 11 is 2.22. The van der Waals surface area contributed by atoms with E-state index in [4.69, 9.17) is 0 Å².